The van der Waals surface area contributed by atoms with Crippen molar-refractivity contribution in [3.8, 4) is 0 Å². The molecule has 0 fully saturated rings. The summed E-state index contributed by atoms with van der Waals surface area (Å²) in [5, 5.41) is 5.93. The maximum atomic E-state index is 13.5. The van der Waals surface area contributed by atoms with Gasteiger partial charge in [0.1, 0.15) is 5.82 Å². The zero-order valence-electron chi connectivity index (χ0n) is 13.7. The van der Waals surface area contributed by atoms with Crippen molar-refractivity contribution in [2.24, 2.45) is 0 Å². The summed E-state index contributed by atoms with van der Waals surface area (Å²) in [6.07, 6.45) is 0.592. The number of anilines is 1. The monoisotopic (exact) mass is 339 g/mol. The summed E-state index contributed by atoms with van der Waals surface area (Å²) in [7, 11) is 0. The second-order valence-electron chi connectivity index (χ2n) is 5.71. The average Bonchev–Trinajstić information content (AvgIpc) is 2.92. The quantitative estimate of drug-likeness (QED) is 0.640. The van der Waals surface area contributed by atoms with Gasteiger partial charge < -0.3 is 15.6 Å². The van der Waals surface area contributed by atoms with Gasteiger partial charge in [-0.25, -0.2) is 4.39 Å². The molecule has 3 aromatic rings. The van der Waals surface area contributed by atoms with Crippen molar-refractivity contribution in [1.82, 2.24) is 10.3 Å². The highest BCUT2D eigenvalue weighted by atomic mass is 19.1. The topological polar surface area (TPSA) is 74.0 Å². The molecular formula is C19H18FN3O2. The van der Waals surface area contributed by atoms with E-state index in [0.29, 0.717) is 13.0 Å². The molecule has 3 N–H and O–H groups in total. The highest BCUT2D eigenvalue weighted by Gasteiger charge is 2.15. The Bertz CT molecular complexity index is 933. The van der Waals surface area contributed by atoms with Crippen molar-refractivity contribution in [3.05, 3.63) is 65.6 Å². The Morgan fingerprint density at radius 1 is 1.04 bits per heavy atom. The molecule has 5 nitrogen and oxygen atoms in total. The van der Waals surface area contributed by atoms with E-state index in [2.05, 4.69) is 15.6 Å². The number of hydrogen-bond acceptors (Lipinski definition) is 2. The zero-order valence-corrected chi connectivity index (χ0v) is 13.7. The molecule has 128 valence electrons. The molecule has 0 saturated heterocycles. The first-order valence-electron chi connectivity index (χ1n) is 7.96. The number of aryl methyl sites for hydroxylation is 1. The number of carbonyl (C=O) groups is 2. The van der Waals surface area contributed by atoms with Crippen molar-refractivity contribution in [3.63, 3.8) is 0 Å². The van der Waals surface area contributed by atoms with Gasteiger partial charge in [-0.05, 0) is 37.1 Å². The smallest absolute Gasteiger partial charge is 0.313 e. The van der Waals surface area contributed by atoms with Crippen molar-refractivity contribution >= 4 is 28.4 Å². The maximum Gasteiger partial charge on any atom is 0.313 e. The van der Waals surface area contributed by atoms with Crippen LogP contribution in [0.2, 0.25) is 0 Å². The standard InChI is InChI=1S/C19H18FN3O2/c1-12-13(14-6-2-4-8-16(14)22-12)10-11-21-18(24)19(25)23-17-9-5-3-7-15(17)20/h2-9,22H,10-11H2,1H3,(H,21,24)(H,23,25). The largest absolute Gasteiger partial charge is 0.358 e. The number of rotatable bonds is 4. The Balaban J connectivity index is 1.58. The second-order valence-corrected chi connectivity index (χ2v) is 5.71. The summed E-state index contributed by atoms with van der Waals surface area (Å²) in [4.78, 5) is 27.0. The number of fused-ring (bicyclic) bond motifs is 1. The number of carbonyl (C=O) groups excluding carboxylic acids is 2. The van der Waals surface area contributed by atoms with Crippen LogP contribution in [0.4, 0.5) is 10.1 Å². The third kappa shape index (κ3) is 3.68. The molecule has 2 aromatic carbocycles. The van der Waals surface area contributed by atoms with E-state index in [1.165, 1.54) is 18.2 Å². The lowest BCUT2D eigenvalue weighted by Crippen LogP contribution is -2.36. The summed E-state index contributed by atoms with van der Waals surface area (Å²) in [5.74, 6) is -2.26. The van der Waals surface area contributed by atoms with Gasteiger partial charge in [0, 0.05) is 23.1 Å². The molecule has 0 radical (unpaired) electrons. The third-order valence-electron chi connectivity index (χ3n) is 4.02. The van der Waals surface area contributed by atoms with E-state index in [1.54, 1.807) is 6.07 Å². The average molecular weight is 339 g/mol. The number of hydrogen-bond donors (Lipinski definition) is 3. The molecule has 1 heterocycles. The van der Waals surface area contributed by atoms with E-state index in [4.69, 9.17) is 0 Å². The molecule has 6 heteroatoms. The van der Waals surface area contributed by atoms with Gasteiger partial charge in [0.25, 0.3) is 0 Å². The van der Waals surface area contributed by atoms with E-state index in [-0.39, 0.29) is 5.69 Å². The lowest BCUT2D eigenvalue weighted by molar-refractivity contribution is -0.136. The molecule has 25 heavy (non-hydrogen) atoms. The first-order valence-corrected chi connectivity index (χ1v) is 7.96. The molecule has 1 aromatic heterocycles. The summed E-state index contributed by atoms with van der Waals surface area (Å²) >= 11 is 0. The fourth-order valence-electron chi connectivity index (χ4n) is 2.78. The SMILES string of the molecule is Cc1[nH]c2ccccc2c1CCNC(=O)C(=O)Nc1ccccc1F. The Kier molecular flexibility index (Phi) is 4.79. The van der Waals surface area contributed by atoms with Gasteiger partial charge in [0.05, 0.1) is 5.69 Å². The molecular weight excluding hydrogens is 321 g/mol. The van der Waals surface area contributed by atoms with Gasteiger partial charge in [-0.3, -0.25) is 9.59 Å². The molecule has 0 atom stereocenters. The van der Waals surface area contributed by atoms with Crippen LogP contribution in [-0.2, 0) is 16.0 Å². The Hall–Kier alpha value is -3.15. The van der Waals surface area contributed by atoms with E-state index >= 15 is 0 Å². The van der Waals surface area contributed by atoms with Gasteiger partial charge in [-0.15, -0.1) is 0 Å². The Morgan fingerprint density at radius 2 is 1.76 bits per heavy atom. The van der Waals surface area contributed by atoms with Gasteiger partial charge >= 0.3 is 11.8 Å². The number of aromatic amines is 1. The lowest BCUT2D eigenvalue weighted by Gasteiger charge is -2.07. The number of amides is 2. The van der Waals surface area contributed by atoms with Gasteiger partial charge in [0.2, 0.25) is 0 Å². The van der Waals surface area contributed by atoms with Crippen LogP contribution in [0.3, 0.4) is 0 Å². The molecule has 0 bridgehead atoms. The minimum Gasteiger partial charge on any atom is -0.358 e. The van der Waals surface area contributed by atoms with Crippen molar-refractivity contribution < 1.29 is 14.0 Å². The summed E-state index contributed by atoms with van der Waals surface area (Å²) in [6, 6.07) is 13.6. The van der Waals surface area contributed by atoms with Gasteiger partial charge in [0.15, 0.2) is 0 Å². The fraction of sp³-hybridized carbons (Fsp3) is 0.158. The molecule has 0 saturated carbocycles. The van der Waals surface area contributed by atoms with Crippen LogP contribution in [0.15, 0.2) is 48.5 Å². The lowest BCUT2D eigenvalue weighted by atomic mass is 10.1. The predicted molar refractivity (Wildman–Crippen MR) is 94.8 cm³/mol. The van der Waals surface area contributed by atoms with Gasteiger partial charge in [-0.2, -0.15) is 0 Å². The number of aromatic nitrogens is 1. The molecule has 0 spiro atoms. The molecule has 0 unspecified atom stereocenters. The van der Waals surface area contributed by atoms with Crippen LogP contribution >= 0.6 is 0 Å². The minimum absolute atomic E-state index is 0.0184. The first kappa shape index (κ1) is 16.7. The van der Waals surface area contributed by atoms with Crippen LogP contribution in [-0.4, -0.2) is 23.3 Å². The maximum absolute atomic E-state index is 13.5. The highest BCUT2D eigenvalue weighted by molar-refractivity contribution is 6.39. The third-order valence-corrected chi connectivity index (χ3v) is 4.02. The van der Waals surface area contributed by atoms with Crippen LogP contribution in [0.1, 0.15) is 11.3 Å². The number of H-pyrrole nitrogens is 1. The Labute approximate surface area is 144 Å². The fourth-order valence-corrected chi connectivity index (χ4v) is 2.78. The molecule has 0 aliphatic carbocycles. The summed E-state index contributed by atoms with van der Waals surface area (Å²) in [5.41, 5.74) is 3.16. The normalized spacial score (nSPS) is 10.6. The highest BCUT2D eigenvalue weighted by Crippen LogP contribution is 2.21. The molecule has 0 aliphatic rings. The second kappa shape index (κ2) is 7.17. The van der Waals surface area contributed by atoms with E-state index < -0.39 is 17.6 Å². The summed E-state index contributed by atoms with van der Waals surface area (Å²) < 4.78 is 13.5. The van der Waals surface area contributed by atoms with Crippen LogP contribution in [0, 0.1) is 12.7 Å². The van der Waals surface area contributed by atoms with E-state index in [9.17, 15) is 14.0 Å². The van der Waals surface area contributed by atoms with Crippen LogP contribution < -0.4 is 10.6 Å². The Morgan fingerprint density at radius 3 is 2.56 bits per heavy atom. The predicted octanol–water partition coefficient (Wildman–Crippen LogP) is 2.91. The number of benzene rings is 2. The van der Waals surface area contributed by atoms with Crippen molar-refractivity contribution in [2.45, 2.75) is 13.3 Å². The first-order chi connectivity index (χ1) is 12.1. The minimum atomic E-state index is -0.888. The molecule has 2 amide bonds. The number of halogens is 1. The number of nitrogens with one attached hydrogen (secondary N) is 3. The van der Waals surface area contributed by atoms with Crippen molar-refractivity contribution in [1.29, 1.82) is 0 Å². The van der Waals surface area contributed by atoms with E-state index in [1.807, 2.05) is 31.2 Å². The summed E-state index contributed by atoms with van der Waals surface area (Å²) in [6.45, 7) is 2.29. The molecule has 0 aliphatic heterocycles. The van der Waals surface area contributed by atoms with Crippen LogP contribution in [0.25, 0.3) is 10.9 Å². The number of para-hydroxylation sites is 2. The van der Waals surface area contributed by atoms with E-state index in [0.717, 1.165) is 22.2 Å². The van der Waals surface area contributed by atoms with Crippen LogP contribution in [0.5, 0.6) is 0 Å². The zero-order chi connectivity index (χ0) is 17.8. The van der Waals surface area contributed by atoms with Gasteiger partial charge in [-0.1, -0.05) is 30.3 Å². The molecule has 3 rings (SSSR count). The van der Waals surface area contributed by atoms with Crippen molar-refractivity contribution in [2.75, 3.05) is 11.9 Å².